The van der Waals surface area contributed by atoms with E-state index in [-0.39, 0.29) is 0 Å². The van der Waals surface area contributed by atoms with E-state index in [1.807, 2.05) is 18.2 Å². The summed E-state index contributed by atoms with van der Waals surface area (Å²) in [7, 11) is 1.62. The third kappa shape index (κ3) is 3.99. The molecule has 0 amide bonds. The van der Waals surface area contributed by atoms with Gasteiger partial charge in [-0.15, -0.1) is 0 Å². The molecule has 6 heteroatoms. The van der Waals surface area contributed by atoms with Crippen molar-refractivity contribution in [3.63, 3.8) is 0 Å². The fourth-order valence-electron chi connectivity index (χ4n) is 1.63. The minimum atomic E-state index is 0.651. The first-order valence-corrected chi connectivity index (χ1v) is 7.28. The molecule has 19 heavy (non-hydrogen) atoms. The van der Waals surface area contributed by atoms with Gasteiger partial charge >= 0.3 is 0 Å². The van der Waals surface area contributed by atoms with E-state index in [9.17, 15) is 0 Å². The average molecular weight is 387 g/mol. The molecular formula is C13H13Br2N3O. The molecule has 0 bridgehead atoms. The van der Waals surface area contributed by atoms with Gasteiger partial charge in [-0.05, 0) is 44.0 Å². The predicted octanol–water partition coefficient (Wildman–Crippen LogP) is 3.30. The molecule has 0 aromatic carbocycles. The summed E-state index contributed by atoms with van der Waals surface area (Å²) in [6.07, 6.45) is 3.50. The van der Waals surface area contributed by atoms with Crippen LogP contribution in [-0.4, -0.2) is 17.1 Å². The number of nitrogens with zero attached hydrogens (tertiary/aromatic N) is 2. The molecule has 0 atom stereocenters. The van der Waals surface area contributed by atoms with Crippen LogP contribution in [0.25, 0.3) is 0 Å². The Labute approximate surface area is 128 Å². The smallest absolute Gasteiger partial charge is 0.217 e. The molecule has 0 radical (unpaired) electrons. The molecule has 0 saturated heterocycles. The lowest BCUT2D eigenvalue weighted by atomic mass is 10.2. The normalized spacial score (nSPS) is 10.5. The van der Waals surface area contributed by atoms with E-state index in [2.05, 4.69) is 47.1 Å². The fraction of sp³-hybridized carbons (Fsp3) is 0.231. The Morgan fingerprint density at radius 2 is 2.11 bits per heavy atom. The first-order valence-electron chi connectivity index (χ1n) is 5.69. The van der Waals surface area contributed by atoms with Gasteiger partial charge in [0, 0.05) is 40.0 Å². The summed E-state index contributed by atoms with van der Waals surface area (Å²) in [5.41, 5.74) is 1.99. The predicted molar refractivity (Wildman–Crippen MR) is 81.0 cm³/mol. The monoisotopic (exact) mass is 385 g/mol. The quantitative estimate of drug-likeness (QED) is 0.856. The average Bonchev–Trinajstić information content (AvgIpc) is 2.42. The van der Waals surface area contributed by atoms with Gasteiger partial charge in [-0.1, -0.05) is 6.07 Å². The Hall–Kier alpha value is -0.980. The van der Waals surface area contributed by atoms with Crippen molar-refractivity contribution < 1.29 is 4.74 Å². The Morgan fingerprint density at radius 1 is 1.26 bits per heavy atom. The van der Waals surface area contributed by atoms with E-state index in [0.29, 0.717) is 19.0 Å². The van der Waals surface area contributed by atoms with Crippen LogP contribution in [-0.2, 0) is 13.1 Å². The largest absolute Gasteiger partial charge is 0.481 e. The maximum absolute atomic E-state index is 5.21. The van der Waals surface area contributed by atoms with Gasteiger partial charge in [0.1, 0.15) is 0 Å². The van der Waals surface area contributed by atoms with Gasteiger partial charge in [0.2, 0.25) is 5.88 Å². The molecule has 100 valence electrons. The van der Waals surface area contributed by atoms with Crippen LogP contribution in [0.5, 0.6) is 5.88 Å². The van der Waals surface area contributed by atoms with Crippen molar-refractivity contribution in [2.24, 2.45) is 0 Å². The van der Waals surface area contributed by atoms with E-state index in [1.165, 1.54) is 0 Å². The second-order valence-corrected chi connectivity index (χ2v) is 5.63. The standard InChI is InChI=1S/C13H13Br2N3O/c1-19-13-9(3-2-4-17-13)6-16-8-12-11(15)5-10(14)7-18-12/h2-5,7,16H,6,8H2,1H3. The number of hydrogen-bond donors (Lipinski definition) is 1. The first-order chi connectivity index (χ1) is 9.20. The summed E-state index contributed by atoms with van der Waals surface area (Å²) in [5, 5.41) is 3.33. The second-order valence-electron chi connectivity index (χ2n) is 3.86. The van der Waals surface area contributed by atoms with Crippen molar-refractivity contribution in [3.05, 3.63) is 50.8 Å². The summed E-state index contributed by atoms with van der Waals surface area (Å²) in [6.45, 7) is 1.35. The Balaban J connectivity index is 1.96. The molecule has 4 nitrogen and oxygen atoms in total. The highest BCUT2D eigenvalue weighted by Gasteiger charge is 2.05. The van der Waals surface area contributed by atoms with Crippen LogP contribution in [0, 0.1) is 0 Å². The molecule has 0 spiro atoms. The number of halogens is 2. The Bertz CT molecular complexity index is 563. The zero-order valence-electron chi connectivity index (χ0n) is 10.4. The van der Waals surface area contributed by atoms with Gasteiger partial charge in [-0.25, -0.2) is 4.98 Å². The SMILES string of the molecule is COc1ncccc1CNCc1ncc(Br)cc1Br. The molecule has 0 unspecified atom stereocenters. The molecule has 0 aliphatic rings. The molecule has 2 heterocycles. The second kappa shape index (κ2) is 6.98. The van der Waals surface area contributed by atoms with Crippen LogP contribution in [0.3, 0.4) is 0 Å². The van der Waals surface area contributed by atoms with Crippen LogP contribution in [0.4, 0.5) is 0 Å². The number of aromatic nitrogens is 2. The highest BCUT2D eigenvalue weighted by Crippen LogP contribution is 2.19. The molecule has 0 aliphatic carbocycles. The lowest BCUT2D eigenvalue weighted by Gasteiger charge is -2.09. The van der Waals surface area contributed by atoms with Gasteiger partial charge in [-0.3, -0.25) is 4.98 Å². The van der Waals surface area contributed by atoms with Crippen molar-refractivity contribution in [1.82, 2.24) is 15.3 Å². The van der Waals surface area contributed by atoms with Crippen molar-refractivity contribution >= 4 is 31.9 Å². The Kier molecular flexibility index (Phi) is 5.30. The number of nitrogens with one attached hydrogen (secondary N) is 1. The maximum Gasteiger partial charge on any atom is 0.217 e. The Morgan fingerprint density at radius 3 is 2.84 bits per heavy atom. The van der Waals surface area contributed by atoms with E-state index < -0.39 is 0 Å². The van der Waals surface area contributed by atoms with Crippen LogP contribution in [0.2, 0.25) is 0 Å². The van der Waals surface area contributed by atoms with E-state index in [0.717, 1.165) is 20.2 Å². The van der Waals surface area contributed by atoms with Gasteiger partial charge in [0.15, 0.2) is 0 Å². The highest BCUT2D eigenvalue weighted by atomic mass is 79.9. The van der Waals surface area contributed by atoms with E-state index in [4.69, 9.17) is 4.74 Å². The third-order valence-electron chi connectivity index (χ3n) is 2.54. The third-order valence-corrected chi connectivity index (χ3v) is 3.66. The number of pyridine rings is 2. The lowest BCUT2D eigenvalue weighted by Crippen LogP contribution is -2.15. The van der Waals surface area contributed by atoms with Gasteiger partial charge in [-0.2, -0.15) is 0 Å². The molecule has 2 rings (SSSR count). The zero-order chi connectivity index (χ0) is 13.7. The van der Waals surface area contributed by atoms with Crippen LogP contribution < -0.4 is 10.1 Å². The van der Waals surface area contributed by atoms with Crippen molar-refractivity contribution in [3.8, 4) is 5.88 Å². The topological polar surface area (TPSA) is 47.0 Å². The number of ether oxygens (including phenoxy) is 1. The van der Waals surface area contributed by atoms with Crippen LogP contribution in [0.1, 0.15) is 11.3 Å². The summed E-state index contributed by atoms with van der Waals surface area (Å²) >= 11 is 6.87. The molecule has 1 N–H and O–H groups in total. The van der Waals surface area contributed by atoms with Gasteiger partial charge in [0.25, 0.3) is 0 Å². The number of rotatable bonds is 5. The van der Waals surface area contributed by atoms with Crippen molar-refractivity contribution in [2.45, 2.75) is 13.1 Å². The van der Waals surface area contributed by atoms with Gasteiger partial charge < -0.3 is 10.1 Å². The molecule has 0 saturated carbocycles. The number of methoxy groups -OCH3 is 1. The molecular weight excluding hydrogens is 374 g/mol. The molecule has 2 aromatic rings. The van der Waals surface area contributed by atoms with Crippen molar-refractivity contribution in [2.75, 3.05) is 7.11 Å². The highest BCUT2D eigenvalue weighted by molar-refractivity contribution is 9.11. The molecule has 2 aromatic heterocycles. The summed E-state index contributed by atoms with van der Waals surface area (Å²) in [6, 6.07) is 5.87. The van der Waals surface area contributed by atoms with Crippen molar-refractivity contribution in [1.29, 1.82) is 0 Å². The number of hydrogen-bond acceptors (Lipinski definition) is 4. The summed E-state index contributed by atoms with van der Waals surface area (Å²) in [4.78, 5) is 8.51. The molecule has 0 aliphatic heterocycles. The van der Waals surface area contributed by atoms with E-state index >= 15 is 0 Å². The maximum atomic E-state index is 5.21. The summed E-state index contributed by atoms with van der Waals surface area (Å²) < 4.78 is 7.14. The minimum Gasteiger partial charge on any atom is -0.481 e. The zero-order valence-corrected chi connectivity index (χ0v) is 13.5. The lowest BCUT2D eigenvalue weighted by molar-refractivity contribution is 0.390. The summed E-state index contributed by atoms with van der Waals surface area (Å²) in [5.74, 6) is 0.651. The minimum absolute atomic E-state index is 0.651. The first kappa shape index (κ1) is 14.4. The molecule has 0 fully saturated rings. The van der Waals surface area contributed by atoms with E-state index in [1.54, 1.807) is 19.5 Å². The van der Waals surface area contributed by atoms with Crippen LogP contribution >= 0.6 is 31.9 Å². The van der Waals surface area contributed by atoms with Crippen LogP contribution in [0.15, 0.2) is 39.5 Å². The fourth-order valence-corrected chi connectivity index (χ4v) is 2.76. The van der Waals surface area contributed by atoms with Gasteiger partial charge in [0.05, 0.1) is 12.8 Å².